The van der Waals surface area contributed by atoms with Crippen LogP contribution in [0.4, 0.5) is 0 Å². The van der Waals surface area contributed by atoms with Crippen LogP contribution in [0.5, 0.6) is 0 Å². The van der Waals surface area contributed by atoms with Crippen LogP contribution in [0.25, 0.3) is 0 Å². The number of ether oxygens (including phenoxy) is 2. The van der Waals surface area contributed by atoms with Crippen LogP contribution in [0.3, 0.4) is 0 Å². The minimum Gasteiger partial charge on any atom is -0.388 e. The van der Waals surface area contributed by atoms with Crippen molar-refractivity contribution >= 4 is 23.2 Å². The maximum atomic E-state index is 12.6. The lowest BCUT2D eigenvalue weighted by atomic mass is 9.85. The molecule has 0 saturated carbocycles. The summed E-state index contributed by atoms with van der Waals surface area (Å²) < 4.78 is 11.4. The monoisotopic (exact) mass is 395 g/mol. The van der Waals surface area contributed by atoms with Gasteiger partial charge in [0, 0.05) is 18.0 Å². The summed E-state index contributed by atoms with van der Waals surface area (Å²) in [6.45, 7) is 2.98. The first-order valence-electron chi connectivity index (χ1n) is 9.31. The summed E-state index contributed by atoms with van der Waals surface area (Å²) in [7, 11) is 0. The van der Waals surface area contributed by atoms with Crippen molar-refractivity contribution in [3.05, 3.63) is 21.4 Å². The van der Waals surface area contributed by atoms with Gasteiger partial charge in [0.2, 0.25) is 5.91 Å². The number of nitrogens with zero attached hydrogens (tertiary/aromatic N) is 1. The normalized spacial score (nSPS) is 27.4. The Morgan fingerprint density at radius 2 is 2.15 bits per heavy atom. The maximum absolute atomic E-state index is 12.6. The second kappa shape index (κ2) is 7.48. The number of likely N-dealkylation sites (tertiary alicyclic amines) is 1. The Bertz CT molecular complexity index is 729. The molecule has 0 aliphatic carbocycles. The first-order chi connectivity index (χ1) is 13.0. The van der Waals surface area contributed by atoms with E-state index in [9.17, 15) is 14.7 Å². The van der Waals surface area contributed by atoms with Crippen LogP contribution in [-0.2, 0) is 26.3 Å². The summed E-state index contributed by atoms with van der Waals surface area (Å²) in [5.41, 5.74) is 6.10. The Hall–Kier alpha value is -1.52. The number of aliphatic hydroxyl groups excluding tert-OH is 1. The molecular weight excluding hydrogens is 370 g/mol. The number of hydrogen-bond donors (Lipinski definition) is 3. The van der Waals surface area contributed by atoms with Gasteiger partial charge in [-0.3, -0.25) is 14.5 Å². The number of fused-ring (bicyclic) bond motifs is 2. The zero-order valence-electron chi connectivity index (χ0n) is 15.1. The number of aliphatic hydroxyl groups is 1. The van der Waals surface area contributed by atoms with Gasteiger partial charge in [0.1, 0.15) is 5.60 Å². The third-order valence-electron chi connectivity index (χ3n) is 5.61. The average molecular weight is 395 g/mol. The molecule has 0 radical (unpaired) electrons. The number of primary amides is 1. The van der Waals surface area contributed by atoms with Gasteiger partial charge >= 0.3 is 0 Å². The van der Waals surface area contributed by atoms with Crippen molar-refractivity contribution < 1.29 is 24.2 Å². The van der Waals surface area contributed by atoms with E-state index in [2.05, 4.69) is 5.32 Å². The molecule has 3 aliphatic heterocycles. The summed E-state index contributed by atoms with van der Waals surface area (Å²) in [4.78, 5) is 27.6. The van der Waals surface area contributed by atoms with Gasteiger partial charge in [-0.1, -0.05) is 0 Å². The molecule has 2 amide bonds. The van der Waals surface area contributed by atoms with E-state index in [0.717, 1.165) is 37.2 Å². The summed E-state index contributed by atoms with van der Waals surface area (Å²) >= 11 is 1.48. The van der Waals surface area contributed by atoms with Crippen molar-refractivity contribution in [2.45, 2.75) is 37.0 Å². The summed E-state index contributed by atoms with van der Waals surface area (Å²) in [6, 6.07) is 1.59. The number of nitrogens with two attached hydrogens (primary N) is 1. The van der Waals surface area contributed by atoms with Crippen LogP contribution < -0.4 is 11.1 Å². The molecule has 3 aliphatic rings. The van der Waals surface area contributed by atoms with Crippen molar-refractivity contribution in [3.63, 3.8) is 0 Å². The van der Waals surface area contributed by atoms with E-state index < -0.39 is 6.10 Å². The average Bonchev–Trinajstić information content (AvgIpc) is 3.24. The molecule has 8 nitrogen and oxygen atoms in total. The Kier molecular flexibility index (Phi) is 5.21. The van der Waals surface area contributed by atoms with Gasteiger partial charge in [0.25, 0.3) is 5.91 Å². The number of thiophene rings is 1. The van der Waals surface area contributed by atoms with E-state index in [-0.39, 0.29) is 36.6 Å². The first-order valence-corrected chi connectivity index (χ1v) is 10.1. The zero-order chi connectivity index (χ0) is 19.0. The lowest BCUT2D eigenvalue weighted by molar-refractivity contribution is -0.123. The molecule has 2 saturated heterocycles. The van der Waals surface area contributed by atoms with E-state index in [4.69, 9.17) is 15.2 Å². The number of rotatable bonds is 4. The van der Waals surface area contributed by atoms with Gasteiger partial charge in [-0.05, 0) is 30.9 Å². The first kappa shape index (κ1) is 18.8. The van der Waals surface area contributed by atoms with Gasteiger partial charge < -0.3 is 25.6 Å². The third-order valence-corrected chi connectivity index (χ3v) is 6.97. The highest BCUT2D eigenvalue weighted by Crippen LogP contribution is 2.45. The van der Waals surface area contributed by atoms with Crippen LogP contribution in [0.1, 0.15) is 33.0 Å². The molecule has 4 heterocycles. The maximum Gasteiger partial charge on any atom is 0.261 e. The van der Waals surface area contributed by atoms with Crippen LogP contribution in [0.15, 0.2) is 6.07 Å². The molecule has 1 aromatic heterocycles. The molecule has 4 rings (SSSR count). The van der Waals surface area contributed by atoms with Crippen LogP contribution in [0, 0.1) is 0 Å². The Labute approximate surface area is 161 Å². The van der Waals surface area contributed by atoms with Crippen molar-refractivity contribution in [3.8, 4) is 0 Å². The largest absolute Gasteiger partial charge is 0.388 e. The second-order valence-corrected chi connectivity index (χ2v) is 8.54. The minimum atomic E-state index is -0.659. The fourth-order valence-electron chi connectivity index (χ4n) is 4.12. The van der Waals surface area contributed by atoms with Crippen LogP contribution >= 0.6 is 11.3 Å². The summed E-state index contributed by atoms with van der Waals surface area (Å²) in [5.74, 6) is -0.491. The number of nitrogens with one attached hydrogen (secondary N) is 1. The molecule has 2 fully saturated rings. The highest BCUT2D eigenvalue weighted by molar-refractivity contribution is 7.14. The molecule has 27 heavy (non-hydrogen) atoms. The molecule has 9 heteroatoms. The molecule has 0 aromatic carbocycles. The van der Waals surface area contributed by atoms with Crippen LogP contribution in [0.2, 0.25) is 0 Å². The molecule has 0 bridgehead atoms. The molecule has 2 atom stereocenters. The minimum absolute atomic E-state index is 0.176. The number of amides is 2. The second-order valence-electron chi connectivity index (χ2n) is 7.48. The van der Waals surface area contributed by atoms with Crippen molar-refractivity contribution in [2.24, 2.45) is 5.73 Å². The summed E-state index contributed by atoms with van der Waals surface area (Å²) in [5, 5.41) is 12.7. The predicted octanol–water partition coefficient (Wildman–Crippen LogP) is -0.413. The summed E-state index contributed by atoms with van der Waals surface area (Å²) in [6.07, 6.45) is 1.70. The lowest BCUT2D eigenvalue weighted by Gasteiger charge is -2.43. The number of piperidine rings is 1. The molecule has 4 N–H and O–H groups in total. The van der Waals surface area contributed by atoms with Crippen molar-refractivity contribution in [1.82, 2.24) is 10.2 Å². The number of hydrogen-bond acceptors (Lipinski definition) is 7. The molecule has 148 valence electrons. The standard InChI is InChI=1S/C18H25N3O5S/c19-15(23)8-21-4-2-18(3-5-21)16-11(1-6-26-18)7-14(27-16)17(24)20-12-9-25-10-13(12)22/h7,12-13,22H,1-6,8-10H2,(H2,19,23)(H,20,24)/t12-,13-/m0/s1. The molecule has 1 aromatic rings. The SMILES string of the molecule is NC(=O)CN1CCC2(CC1)OCCc1cc(C(=O)N[C@H]3COC[C@@H]3O)sc12. The van der Waals surface area contributed by atoms with E-state index in [1.54, 1.807) is 0 Å². The van der Waals surface area contributed by atoms with E-state index in [1.165, 1.54) is 16.9 Å². The highest BCUT2D eigenvalue weighted by atomic mass is 32.1. The predicted molar refractivity (Wildman–Crippen MR) is 98.6 cm³/mol. The Balaban J connectivity index is 1.49. The van der Waals surface area contributed by atoms with E-state index >= 15 is 0 Å². The quantitative estimate of drug-likeness (QED) is 0.638. The smallest absolute Gasteiger partial charge is 0.261 e. The van der Waals surface area contributed by atoms with Gasteiger partial charge in [-0.25, -0.2) is 0 Å². The van der Waals surface area contributed by atoms with Gasteiger partial charge in [-0.2, -0.15) is 0 Å². The Morgan fingerprint density at radius 1 is 1.37 bits per heavy atom. The van der Waals surface area contributed by atoms with Gasteiger partial charge in [-0.15, -0.1) is 11.3 Å². The molecular formula is C18H25N3O5S. The third kappa shape index (κ3) is 3.74. The fraction of sp³-hybridized carbons (Fsp3) is 0.667. The molecule has 1 spiro atoms. The van der Waals surface area contributed by atoms with E-state index in [0.29, 0.717) is 18.1 Å². The zero-order valence-corrected chi connectivity index (χ0v) is 15.9. The Morgan fingerprint density at radius 3 is 2.81 bits per heavy atom. The van der Waals surface area contributed by atoms with Crippen molar-refractivity contribution in [1.29, 1.82) is 0 Å². The highest BCUT2D eigenvalue weighted by Gasteiger charge is 2.43. The van der Waals surface area contributed by atoms with E-state index in [1.807, 2.05) is 11.0 Å². The van der Waals surface area contributed by atoms with Crippen molar-refractivity contribution in [2.75, 3.05) is 39.5 Å². The van der Waals surface area contributed by atoms with Gasteiger partial charge in [0.05, 0.1) is 43.4 Å². The number of carbonyl (C=O) groups is 2. The van der Waals surface area contributed by atoms with Gasteiger partial charge in [0.15, 0.2) is 0 Å². The lowest BCUT2D eigenvalue weighted by Crippen LogP contribution is -2.48. The fourth-order valence-corrected chi connectivity index (χ4v) is 5.43. The topological polar surface area (TPSA) is 114 Å². The molecule has 0 unspecified atom stereocenters. The number of carbonyl (C=O) groups excluding carboxylic acids is 2. The van der Waals surface area contributed by atoms with Crippen LogP contribution in [-0.4, -0.2) is 73.4 Å².